The van der Waals surface area contributed by atoms with Crippen LogP contribution in [0.5, 0.6) is 0 Å². The zero-order valence-corrected chi connectivity index (χ0v) is 11.3. The van der Waals surface area contributed by atoms with E-state index in [9.17, 15) is 9.90 Å². The number of aryl methyl sites for hydroxylation is 2. The summed E-state index contributed by atoms with van der Waals surface area (Å²) < 4.78 is 1.92. The third-order valence-corrected chi connectivity index (χ3v) is 3.43. The number of carboxylic acid groups (broad SMARTS) is 1. The summed E-state index contributed by atoms with van der Waals surface area (Å²) in [5, 5.41) is 10.4. The van der Waals surface area contributed by atoms with E-state index >= 15 is 0 Å². The highest BCUT2D eigenvalue weighted by atomic mass is 16.4. The molecule has 0 aliphatic rings. The lowest BCUT2D eigenvalue weighted by molar-refractivity contribution is 0.0698. The van der Waals surface area contributed by atoms with Crippen molar-refractivity contribution < 1.29 is 9.90 Å². The van der Waals surface area contributed by atoms with E-state index in [4.69, 9.17) is 0 Å². The van der Waals surface area contributed by atoms with Crippen LogP contribution >= 0.6 is 0 Å². The highest BCUT2D eigenvalue weighted by Crippen LogP contribution is 2.30. The topological polar surface area (TPSA) is 42.2 Å². The van der Waals surface area contributed by atoms with Crippen LogP contribution in [0, 0.1) is 0 Å². The molecular weight excluding hydrogens is 226 g/mol. The summed E-state index contributed by atoms with van der Waals surface area (Å²) in [6.45, 7) is 6.31. The highest BCUT2D eigenvalue weighted by molar-refractivity contribution is 6.04. The molecule has 2 aromatic rings. The molecular formula is C15H19NO2. The second kappa shape index (κ2) is 4.48. The van der Waals surface area contributed by atoms with Crippen molar-refractivity contribution in [3.63, 3.8) is 0 Å². The van der Waals surface area contributed by atoms with Gasteiger partial charge in [-0.3, -0.25) is 0 Å². The van der Waals surface area contributed by atoms with Gasteiger partial charge in [0.1, 0.15) is 0 Å². The lowest BCUT2D eigenvalue weighted by atomic mass is 9.98. The van der Waals surface area contributed by atoms with E-state index in [1.165, 1.54) is 5.56 Å². The first-order chi connectivity index (χ1) is 8.45. The Hall–Kier alpha value is -1.77. The van der Waals surface area contributed by atoms with E-state index in [2.05, 4.69) is 19.9 Å². The second-order valence-electron chi connectivity index (χ2n) is 5.05. The molecule has 0 amide bonds. The van der Waals surface area contributed by atoms with Gasteiger partial charge in [0.05, 0.1) is 11.1 Å². The van der Waals surface area contributed by atoms with Gasteiger partial charge in [0.25, 0.3) is 0 Å². The van der Waals surface area contributed by atoms with Gasteiger partial charge < -0.3 is 9.67 Å². The van der Waals surface area contributed by atoms with Gasteiger partial charge in [-0.25, -0.2) is 4.79 Å². The Morgan fingerprint density at radius 2 is 2.06 bits per heavy atom. The van der Waals surface area contributed by atoms with Crippen molar-refractivity contribution in [2.75, 3.05) is 0 Å². The molecule has 0 radical (unpaired) electrons. The molecule has 0 saturated carbocycles. The lowest BCUT2D eigenvalue weighted by Gasteiger charge is -2.07. The first-order valence-electron chi connectivity index (χ1n) is 6.30. The van der Waals surface area contributed by atoms with E-state index in [-0.39, 0.29) is 0 Å². The summed E-state index contributed by atoms with van der Waals surface area (Å²) >= 11 is 0. The van der Waals surface area contributed by atoms with Gasteiger partial charge in [-0.15, -0.1) is 0 Å². The molecule has 0 aliphatic carbocycles. The predicted molar refractivity (Wildman–Crippen MR) is 73.3 cm³/mol. The van der Waals surface area contributed by atoms with Gasteiger partial charge >= 0.3 is 5.97 Å². The molecule has 0 unspecified atom stereocenters. The standard InChI is InChI=1S/C15H19NO2/c1-5-10-6-11-13(9(2)3)8-16(4)14(11)12(7-10)15(17)18/h6-9H,5H2,1-4H3,(H,17,18). The van der Waals surface area contributed by atoms with Crippen LogP contribution in [0.3, 0.4) is 0 Å². The number of aromatic carboxylic acids is 1. The predicted octanol–water partition coefficient (Wildman–Crippen LogP) is 3.56. The van der Waals surface area contributed by atoms with Crippen LogP contribution < -0.4 is 0 Å². The number of fused-ring (bicyclic) bond motifs is 1. The minimum absolute atomic E-state index is 0.391. The van der Waals surface area contributed by atoms with Gasteiger partial charge in [0.2, 0.25) is 0 Å². The minimum Gasteiger partial charge on any atom is -0.478 e. The van der Waals surface area contributed by atoms with Crippen molar-refractivity contribution in [3.05, 3.63) is 35.0 Å². The third kappa shape index (κ3) is 1.90. The zero-order chi connectivity index (χ0) is 13.4. The Kier molecular flexibility index (Phi) is 3.16. The molecule has 18 heavy (non-hydrogen) atoms. The fourth-order valence-electron chi connectivity index (χ4n) is 2.46. The summed E-state index contributed by atoms with van der Waals surface area (Å²) in [6, 6.07) is 3.91. The lowest BCUT2D eigenvalue weighted by Crippen LogP contribution is -2.01. The minimum atomic E-state index is -0.855. The molecule has 1 heterocycles. The van der Waals surface area contributed by atoms with E-state index in [1.807, 2.05) is 24.7 Å². The van der Waals surface area contributed by atoms with Crippen LogP contribution in [-0.2, 0) is 13.5 Å². The first kappa shape index (κ1) is 12.7. The first-order valence-corrected chi connectivity index (χ1v) is 6.30. The summed E-state index contributed by atoms with van der Waals surface area (Å²) in [5.41, 5.74) is 3.51. The monoisotopic (exact) mass is 245 g/mol. The van der Waals surface area contributed by atoms with Crippen LogP contribution in [0.25, 0.3) is 10.9 Å². The molecule has 1 aromatic carbocycles. The van der Waals surface area contributed by atoms with Gasteiger partial charge in [0, 0.05) is 18.6 Å². The van der Waals surface area contributed by atoms with E-state index in [0.29, 0.717) is 11.5 Å². The van der Waals surface area contributed by atoms with Crippen LogP contribution in [0.2, 0.25) is 0 Å². The van der Waals surface area contributed by atoms with Crippen molar-refractivity contribution in [1.29, 1.82) is 0 Å². The maximum atomic E-state index is 11.4. The normalized spacial score (nSPS) is 11.4. The van der Waals surface area contributed by atoms with Crippen LogP contribution in [0.15, 0.2) is 18.3 Å². The number of benzene rings is 1. The third-order valence-electron chi connectivity index (χ3n) is 3.43. The van der Waals surface area contributed by atoms with Crippen LogP contribution in [0.1, 0.15) is 48.2 Å². The van der Waals surface area contributed by atoms with E-state index in [0.717, 1.165) is 22.9 Å². The molecule has 2 rings (SSSR count). The van der Waals surface area contributed by atoms with Gasteiger partial charge in [-0.1, -0.05) is 20.8 Å². The summed E-state index contributed by atoms with van der Waals surface area (Å²) in [5.74, 6) is -0.464. The maximum Gasteiger partial charge on any atom is 0.337 e. The number of rotatable bonds is 3. The fraction of sp³-hybridized carbons (Fsp3) is 0.400. The molecule has 3 nitrogen and oxygen atoms in total. The molecule has 1 N–H and O–H groups in total. The molecule has 0 bridgehead atoms. The number of carboxylic acids is 1. The van der Waals surface area contributed by atoms with Crippen molar-refractivity contribution in [1.82, 2.24) is 4.57 Å². The van der Waals surface area contributed by atoms with Crippen molar-refractivity contribution in [2.45, 2.75) is 33.1 Å². The zero-order valence-electron chi connectivity index (χ0n) is 11.3. The molecule has 0 spiro atoms. The number of hydrogen-bond donors (Lipinski definition) is 1. The Bertz CT molecular complexity index is 608. The Morgan fingerprint density at radius 3 is 2.56 bits per heavy atom. The van der Waals surface area contributed by atoms with Crippen molar-refractivity contribution in [2.24, 2.45) is 7.05 Å². The maximum absolute atomic E-state index is 11.4. The Morgan fingerprint density at radius 1 is 1.39 bits per heavy atom. The van der Waals surface area contributed by atoms with Crippen molar-refractivity contribution in [3.8, 4) is 0 Å². The van der Waals surface area contributed by atoms with Crippen LogP contribution in [0.4, 0.5) is 0 Å². The highest BCUT2D eigenvalue weighted by Gasteiger charge is 2.17. The fourth-order valence-corrected chi connectivity index (χ4v) is 2.46. The molecule has 0 saturated heterocycles. The number of hydrogen-bond acceptors (Lipinski definition) is 1. The SMILES string of the molecule is CCc1cc(C(=O)O)c2c(c1)c(C(C)C)cn2C. The van der Waals surface area contributed by atoms with E-state index < -0.39 is 5.97 Å². The van der Waals surface area contributed by atoms with Crippen LogP contribution in [-0.4, -0.2) is 15.6 Å². The number of carbonyl (C=O) groups is 1. The summed E-state index contributed by atoms with van der Waals surface area (Å²) in [6.07, 6.45) is 2.89. The average Bonchev–Trinajstić information content (AvgIpc) is 2.65. The summed E-state index contributed by atoms with van der Waals surface area (Å²) in [4.78, 5) is 11.4. The Balaban J connectivity index is 2.88. The quantitative estimate of drug-likeness (QED) is 0.898. The Labute approximate surface area is 107 Å². The van der Waals surface area contributed by atoms with E-state index in [1.54, 1.807) is 6.07 Å². The molecule has 0 fully saturated rings. The second-order valence-corrected chi connectivity index (χ2v) is 5.05. The number of nitrogens with zero attached hydrogens (tertiary/aromatic N) is 1. The molecule has 0 atom stereocenters. The smallest absolute Gasteiger partial charge is 0.337 e. The molecule has 0 aliphatic heterocycles. The number of aromatic nitrogens is 1. The molecule has 96 valence electrons. The average molecular weight is 245 g/mol. The largest absolute Gasteiger partial charge is 0.478 e. The van der Waals surface area contributed by atoms with Gasteiger partial charge in [-0.05, 0) is 35.6 Å². The van der Waals surface area contributed by atoms with Crippen molar-refractivity contribution >= 4 is 16.9 Å². The van der Waals surface area contributed by atoms with Gasteiger partial charge in [0.15, 0.2) is 0 Å². The molecule has 1 aromatic heterocycles. The summed E-state index contributed by atoms with van der Waals surface area (Å²) in [7, 11) is 1.91. The molecule has 3 heteroatoms. The van der Waals surface area contributed by atoms with Gasteiger partial charge in [-0.2, -0.15) is 0 Å².